The van der Waals surface area contributed by atoms with Crippen LogP contribution in [0, 0.1) is 0 Å². The molecular formula is C11H14BrN3OS. The highest BCUT2D eigenvalue weighted by Crippen LogP contribution is 2.24. The molecule has 0 aliphatic heterocycles. The van der Waals surface area contributed by atoms with Crippen LogP contribution in [0.5, 0.6) is 0 Å². The van der Waals surface area contributed by atoms with Crippen molar-refractivity contribution in [2.75, 3.05) is 5.32 Å². The molecule has 1 rings (SSSR count). The first-order chi connectivity index (χ1) is 7.74. The highest BCUT2D eigenvalue weighted by Gasteiger charge is 2.25. The van der Waals surface area contributed by atoms with Crippen molar-refractivity contribution in [3.05, 3.63) is 28.2 Å². The van der Waals surface area contributed by atoms with Gasteiger partial charge in [0, 0.05) is 15.7 Å². The SMILES string of the molecule is CC(C)(Nc1cc(Br)ccc1C(N)=S)C(N)=O. The lowest BCUT2D eigenvalue weighted by molar-refractivity contribution is -0.121. The molecule has 0 fully saturated rings. The van der Waals surface area contributed by atoms with E-state index in [0.29, 0.717) is 11.3 Å². The molecular weight excluding hydrogens is 302 g/mol. The van der Waals surface area contributed by atoms with Crippen LogP contribution in [0.15, 0.2) is 22.7 Å². The first-order valence-corrected chi connectivity index (χ1v) is 6.11. The third kappa shape index (κ3) is 3.41. The molecule has 92 valence electrons. The van der Waals surface area contributed by atoms with Crippen LogP contribution in [0.2, 0.25) is 0 Å². The van der Waals surface area contributed by atoms with Crippen LogP contribution in [0.4, 0.5) is 5.69 Å². The van der Waals surface area contributed by atoms with Gasteiger partial charge < -0.3 is 16.8 Å². The number of nitrogens with one attached hydrogen (secondary N) is 1. The fraction of sp³-hybridized carbons (Fsp3) is 0.273. The van der Waals surface area contributed by atoms with Gasteiger partial charge in [0.05, 0.1) is 0 Å². The molecule has 5 N–H and O–H groups in total. The second-order valence-electron chi connectivity index (χ2n) is 4.17. The first kappa shape index (κ1) is 13.9. The van der Waals surface area contributed by atoms with Gasteiger partial charge in [0.1, 0.15) is 10.5 Å². The Morgan fingerprint density at radius 3 is 2.47 bits per heavy atom. The Balaban J connectivity index is 3.17. The van der Waals surface area contributed by atoms with E-state index >= 15 is 0 Å². The molecule has 6 heteroatoms. The van der Waals surface area contributed by atoms with Crippen molar-refractivity contribution < 1.29 is 4.79 Å². The van der Waals surface area contributed by atoms with E-state index in [-0.39, 0.29) is 4.99 Å². The van der Waals surface area contributed by atoms with Crippen LogP contribution in [0.3, 0.4) is 0 Å². The largest absolute Gasteiger partial charge is 0.389 e. The van der Waals surface area contributed by atoms with Crippen molar-refractivity contribution in [3.8, 4) is 0 Å². The van der Waals surface area contributed by atoms with Crippen molar-refractivity contribution in [3.63, 3.8) is 0 Å². The fourth-order valence-corrected chi connectivity index (χ4v) is 1.77. The van der Waals surface area contributed by atoms with Crippen molar-refractivity contribution in [2.45, 2.75) is 19.4 Å². The van der Waals surface area contributed by atoms with Crippen LogP contribution >= 0.6 is 28.1 Å². The van der Waals surface area contributed by atoms with Crippen molar-refractivity contribution in [1.82, 2.24) is 0 Å². The number of amides is 1. The van der Waals surface area contributed by atoms with Gasteiger partial charge in [-0.2, -0.15) is 0 Å². The Morgan fingerprint density at radius 1 is 1.41 bits per heavy atom. The van der Waals surface area contributed by atoms with E-state index in [9.17, 15) is 4.79 Å². The summed E-state index contributed by atoms with van der Waals surface area (Å²) >= 11 is 8.30. The maximum absolute atomic E-state index is 11.3. The Kier molecular flexibility index (Phi) is 4.11. The molecule has 0 bridgehead atoms. The zero-order valence-electron chi connectivity index (χ0n) is 9.58. The number of halogens is 1. The number of benzene rings is 1. The summed E-state index contributed by atoms with van der Waals surface area (Å²) in [7, 11) is 0. The van der Waals surface area contributed by atoms with Crippen LogP contribution in [-0.2, 0) is 4.79 Å². The summed E-state index contributed by atoms with van der Waals surface area (Å²) in [6.45, 7) is 3.39. The lowest BCUT2D eigenvalue weighted by atomic mass is 10.0. The maximum atomic E-state index is 11.3. The molecule has 0 unspecified atom stereocenters. The standard InChI is InChI=1S/C11H14BrN3OS/c1-11(2,10(14)16)15-8-5-6(12)3-4-7(8)9(13)17/h3-5,15H,1-2H3,(H2,13,17)(H2,14,16). The summed E-state index contributed by atoms with van der Waals surface area (Å²) in [5, 5.41) is 3.04. The minimum atomic E-state index is -0.875. The van der Waals surface area contributed by atoms with Gasteiger partial charge in [-0.15, -0.1) is 0 Å². The van der Waals surface area contributed by atoms with E-state index < -0.39 is 11.4 Å². The van der Waals surface area contributed by atoms with E-state index in [1.54, 1.807) is 26.0 Å². The summed E-state index contributed by atoms with van der Waals surface area (Å²) in [4.78, 5) is 11.5. The molecule has 4 nitrogen and oxygen atoms in total. The van der Waals surface area contributed by atoms with Gasteiger partial charge in [-0.25, -0.2) is 0 Å². The fourth-order valence-electron chi connectivity index (χ4n) is 1.23. The van der Waals surface area contributed by atoms with Crippen molar-refractivity contribution in [1.29, 1.82) is 0 Å². The van der Waals surface area contributed by atoms with E-state index in [2.05, 4.69) is 21.2 Å². The minimum absolute atomic E-state index is 0.264. The predicted octanol–water partition coefficient (Wildman–Crippen LogP) is 1.76. The summed E-state index contributed by atoms with van der Waals surface area (Å²) in [5.41, 5.74) is 11.4. The van der Waals surface area contributed by atoms with Gasteiger partial charge in [-0.3, -0.25) is 4.79 Å². The summed E-state index contributed by atoms with van der Waals surface area (Å²) in [5.74, 6) is -0.452. The summed E-state index contributed by atoms with van der Waals surface area (Å²) < 4.78 is 0.861. The highest BCUT2D eigenvalue weighted by atomic mass is 79.9. The molecule has 0 spiro atoms. The molecule has 0 atom stereocenters. The third-order valence-corrected chi connectivity index (χ3v) is 3.02. The highest BCUT2D eigenvalue weighted by molar-refractivity contribution is 9.10. The molecule has 0 aliphatic carbocycles. The Hall–Kier alpha value is -1.14. The van der Waals surface area contributed by atoms with Crippen LogP contribution < -0.4 is 16.8 Å². The number of hydrogen-bond donors (Lipinski definition) is 3. The number of rotatable bonds is 4. The molecule has 17 heavy (non-hydrogen) atoms. The number of thiocarbonyl (C=S) groups is 1. The molecule has 1 aromatic carbocycles. The van der Waals surface area contributed by atoms with E-state index in [1.165, 1.54) is 0 Å². The second-order valence-corrected chi connectivity index (χ2v) is 5.52. The lowest BCUT2D eigenvalue weighted by Gasteiger charge is -2.25. The normalized spacial score (nSPS) is 11.0. The molecule has 0 heterocycles. The van der Waals surface area contributed by atoms with Crippen molar-refractivity contribution >= 4 is 44.7 Å². The molecule has 0 saturated carbocycles. The lowest BCUT2D eigenvalue weighted by Crippen LogP contribution is -2.45. The van der Waals surface area contributed by atoms with Gasteiger partial charge >= 0.3 is 0 Å². The van der Waals surface area contributed by atoms with Gasteiger partial charge in [0.25, 0.3) is 0 Å². The number of carbonyl (C=O) groups is 1. The number of hydrogen-bond acceptors (Lipinski definition) is 3. The number of nitrogens with two attached hydrogens (primary N) is 2. The summed E-state index contributed by atoms with van der Waals surface area (Å²) in [6.07, 6.45) is 0. The first-order valence-electron chi connectivity index (χ1n) is 4.91. The Morgan fingerprint density at radius 2 is 2.00 bits per heavy atom. The van der Waals surface area contributed by atoms with E-state index in [1.807, 2.05) is 6.07 Å². The van der Waals surface area contributed by atoms with Gasteiger partial charge in [-0.1, -0.05) is 28.1 Å². The number of primary amides is 1. The topological polar surface area (TPSA) is 81.1 Å². The third-order valence-electron chi connectivity index (χ3n) is 2.31. The quantitative estimate of drug-likeness (QED) is 0.739. The molecule has 1 amide bonds. The van der Waals surface area contributed by atoms with Crippen LogP contribution in [-0.4, -0.2) is 16.4 Å². The zero-order valence-corrected chi connectivity index (χ0v) is 12.0. The van der Waals surface area contributed by atoms with E-state index in [4.69, 9.17) is 23.7 Å². The van der Waals surface area contributed by atoms with Gasteiger partial charge in [0.2, 0.25) is 5.91 Å². The smallest absolute Gasteiger partial charge is 0.242 e. The minimum Gasteiger partial charge on any atom is -0.389 e. The molecule has 0 radical (unpaired) electrons. The average Bonchev–Trinajstić information content (AvgIpc) is 2.15. The zero-order chi connectivity index (χ0) is 13.2. The average molecular weight is 316 g/mol. The second kappa shape index (κ2) is 5.01. The van der Waals surface area contributed by atoms with Crippen LogP contribution in [0.25, 0.3) is 0 Å². The Bertz CT molecular complexity index is 474. The number of carbonyl (C=O) groups excluding carboxylic acids is 1. The summed E-state index contributed by atoms with van der Waals surface area (Å²) in [6, 6.07) is 5.42. The van der Waals surface area contributed by atoms with Crippen LogP contribution in [0.1, 0.15) is 19.4 Å². The van der Waals surface area contributed by atoms with Gasteiger partial charge in [0.15, 0.2) is 0 Å². The molecule has 0 saturated heterocycles. The monoisotopic (exact) mass is 315 g/mol. The molecule has 1 aromatic rings. The van der Waals surface area contributed by atoms with Crippen molar-refractivity contribution in [2.24, 2.45) is 11.5 Å². The predicted molar refractivity (Wildman–Crippen MR) is 76.9 cm³/mol. The van der Waals surface area contributed by atoms with Gasteiger partial charge in [-0.05, 0) is 32.0 Å². The number of anilines is 1. The molecule has 0 aliphatic rings. The molecule has 0 aromatic heterocycles. The Labute approximate surface area is 114 Å². The maximum Gasteiger partial charge on any atom is 0.242 e. The van der Waals surface area contributed by atoms with E-state index in [0.717, 1.165) is 4.47 Å².